The second-order valence-corrected chi connectivity index (χ2v) is 4.53. The summed E-state index contributed by atoms with van der Waals surface area (Å²) in [5.41, 5.74) is 1.80. The maximum absolute atomic E-state index is 12.2. The van der Waals surface area contributed by atoms with Gasteiger partial charge in [-0.1, -0.05) is 6.07 Å². The molecule has 0 atom stereocenters. The van der Waals surface area contributed by atoms with Crippen LogP contribution >= 0.6 is 0 Å². The van der Waals surface area contributed by atoms with Crippen LogP contribution in [0.4, 0.5) is 0 Å². The second kappa shape index (κ2) is 3.98. The summed E-state index contributed by atoms with van der Waals surface area (Å²) in [6.45, 7) is 0. The normalized spacial score (nSPS) is 14.7. The van der Waals surface area contributed by atoms with Crippen molar-refractivity contribution in [1.82, 2.24) is 4.40 Å². The molecule has 0 amide bonds. The highest BCUT2D eigenvalue weighted by atomic mass is 16.5. The number of rotatable bonds is 3. The number of carbonyl (C=O) groups is 2. The van der Waals surface area contributed by atoms with Crippen molar-refractivity contribution in [3.63, 3.8) is 0 Å². The summed E-state index contributed by atoms with van der Waals surface area (Å²) in [7, 11) is 1.34. The quantitative estimate of drug-likeness (QED) is 0.614. The number of ketones is 1. The fourth-order valence-electron chi connectivity index (χ4n) is 2.18. The molecule has 0 bridgehead atoms. The van der Waals surface area contributed by atoms with Crippen LogP contribution in [-0.4, -0.2) is 23.3 Å². The van der Waals surface area contributed by atoms with Crippen molar-refractivity contribution in [3.8, 4) is 0 Å². The van der Waals surface area contributed by atoms with Gasteiger partial charge in [-0.15, -0.1) is 0 Å². The predicted molar refractivity (Wildman–Crippen MR) is 65.8 cm³/mol. The number of pyridine rings is 1. The van der Waals surface area contributed by atoms with Crippen molar-refractivity contribution in [1.29, 1.82) is 0 Å². The third-order valence-electron chi connectivity index (χ3n) is 3.28. The molecule has 4 nitrogen and oxygen atoms in total. The molecular weight excluding hydrogens is 230 g/mol. The molecule has 0 saturated heterocycles. The largest absolute Gasteiger partial charge is 0.464 e. The number of Topliss-reactive ketones (excluding diaryl/α,β-unsaturated/α-hetero) is 1. The molecule has 0 aromatic carbocycles. The molecule has 1 saturated carbocycles. The fraction of sp³-hybridized carbons (Fsp3) is 0.286. The monoisotopic (exact) mass is 243 g/mol. The Hall–Kier alpha value is -2.10. The topological polar surface area (TPSA) is 47.8 Å². The average Bonchev–Trinajstić information content (AvgIpc) is 3.18. The van der Waals surface area contributed by atoms with E-state index in [0.717, 1.165) is 18.4 Å². The van der Waals surface area contributed by atoms with Gasteiger partial charge in [-0.05, 0) is 31.0 Å². The van der Waals surface area contributed by atoms with E-state index in [9.17, 15) is 9.59 Å². The number of aromatic nitrogens is 1. The van der Waals surface area contributed by atoms with Crippen molar-refractivity contribution in [2.24, 2.45) is 5.92 Å². The van der Waals surface area contributed by atoms with Gasteiger partial charge in [0.2, 0.25) is 0 Å². The number of nitrogens with zero attached hydrogens (tertiary/aromatic N) is 1. The van der Waals surface area contributed by atoms with Crippen molar-refractivity contribution >= 4 is 17.3 Å². The minimum Gasteiger partial charge on any atom is -0.464 e. The number of hydrogen-bond acceptors (Lipinski definition) is 3. The third kappa shape index (κ3) is 1.61. The van der Waals surface area contributed by atoms with E-state index in [1.165, 1.54) is 7.11 Å². The molecule has 0 unspecified atom stereocenters. The molecule has 2 aromatic heterocycles. The Labute approximate surface area is 104 Å². The lowest BCUT2D eigenvalue weighted by atomic mass is 10.1. The number of esters is 1. The molecule has 0 radical (unpaired) electrons. The molecule has 0 N–H and O–H groups in total. The van der Waals surface area contributed by atoms with Gasteiger partial charge >= 0.3 is 5.97 Å². The first-order chi connectivity index (χ1) is 8.72. The SMILES string of the molecule is COC(=O)c1cc(C(=O)C2CC2)c2ccccn12. The third-order valence-corrected chi connectivity index (χ3v) is 3.28. The summed E-state index contributed by atoms with van der Waals surface area (Å²) in [6.07, 6.45) is 3.68. The zero-order valence-corrected chi connectivity index (χ0v) is 10.1. The Kier molecular flexibility index (Phi) is 2.44. The van der Waals surface area contributed by atoms with Crippen LogP contribution in [-0.2, 0) is 4.74 Å². The van der Waals surface area contributed by atoms with Crippen LogP contribution in [0.25, 0.3) is 5.52 Å². The number of carbonyl (C=O) groups excluding carboxylic acids is 2. The summed E-state index contributed by atoms with van der Waals surface area (Å²) in [5, 5.41) is 0. The highest BCUT2D eigenvalue weighted by Gasteiger charge is 2.32. The molecule has 2 aromatic rings. The van der Waals surface area contributed by atoms with E-state index in [1.807, 2.05) is 18.2 Å². The van der Waals surface area contributed by atoms with E-state index < -0.39 is 5.97 Å². The first-order valence-electron chi connectivity index (χ1n) is 5.95. The Morgan fingerprint density at radius 2 is 2.11 bits per heavy atom. The molecule has 4 heteroatoms. The summed E-state index contributed by atoms with van der Waals surface area (Å²) in [4.78, 5) is 23.9. The van der Waals surface area contributed by atoms with Crippen LogP contribution in [0.15, 0.2) is 30.5 Å². The van der Waals surface area contributed by atoms with E-state index in [2.05, 4.69) is 0 Å². The van der Waals surface area contributed by atoms with Crippen LogP contribution in [0.5, 0.6) is 0 Å². The lowest BCUT2D eigenvalue weighted by Gasteiger charge is -2.00. The maximum atomic E-state index is 12.2. The van der Waals surface area contributed by atoms with Gasteiger partial charge in [0, 0.05) is 17.7 Å². The highest BCUT2D eigenvalue weighted by molar-refractivity contribution is 6.07. The predicted octanol–water partition coefficient (Wildman–Crippen LogP) is 2.32. The summed E-state index contributed by atoms with van der Waals surface area (Å²) >= 11 is 0. The van der Waals surface area contributed by atoms with Gasteiger partial charge in [0.25, 0.3) is 0 Å². The number of methoxy groups -OCH3 is 1. The minimum absolute atomic E-state index is 0.133. The number of hydrogen-bond donors (Lipinski definition) is 0. The molecule has 0 aliphatic heterocycles. The molecule has 1 aliphatic rings. The lowest BCUT2D eigenvalue weighted by molar-refractivity contribution is 0.0593. The Morgan fingerprint density at radius 3 is 2.78 bits per heavy atom. The van der Waals surface area contributed by atoms with Crippen LogP contribution in [0.2, 0.25) is 0 Å². The fourth-order valence-corrected chi connectivity index (χ4v) is 2.18. The molecule has 1 fully saturated rings. The molecule has 92 valence electrons. The van der Waals surface area contributed by atoms with E-state index in [1.54, 1.807) is 16.7 Å². The minimum atomic E-state index is -0.425. The first kappa shape index (κ1) is 11.0. The van der Waals surface area contributed by atoms with Crippen LogP contribution < -0.4 is 0 Å². The van der Waals surface area contributed by atoms with E-state index in [-0.39, 0.29) is 11.7 Å². The Morgan fingerprint density at radius 1 is 1.33 bits per heavy atom. The van der Waals surface area contributed by atoms with E-state index in [0.29, 0.717) is 11.3 Å². The van der Waals surface area contributed by atoms with Gasteiger partial charge in [-0.25, -0.2) is 4.79 Å². The summed E-state index contributed by atoms with van der Waals surface area (Å²) in [5.74, 6) is -0.151. The Balaban J connectivity index is 2.19. The zero-order chi connectivity index (χ0) is 12.7. The molecule has 3 rings (SSSR count). The van der Waals surface area contributed by atoms with E-state index in [4.69, 9.17) is 4.74 Å². The van der Waals surface area contributed by atoms with Crippen molar-refractivity contribution in [2.75, 3.05) is 7.11 Å². The van der Waals surface area contributed by atoms with E-state index >= 15 is 0 Å². The molecule has 2 heterocycles. The zero-order valence-electron chi connectivity index (χ0n) is 10.1. The molecule has 0 spiro atoms. The second-order valence-electron chi connectivity index (χ2n) is 4.53. The number of ether oxygens (including phenoxy) is 1. The summed E-state index contributed by atoms with van der Waals surface area (Å²) < 4.78 is 6.45. The van der Waals surface area contributed by atoms with Crippen molar-refractivity contribution in [3.05, 3.63) is 41.7 Å². The molecule has 18 heavy (non-hydrogen) atoms. The van der Waals surface area contributed by atoms with Gasteiger partial charge in [0.15, 0.2) is 5.78 Å². The lowest BCUT2D eigenvalue weighted by Crippen LogP contribution is -2.04. The Bertz CT molecular complexity index is 638. The van der Waals surface area contributed by atoms with Gasteiger partial charge in [-0.2, -0.15) is 0 Å². The summed E-state index contributed by atoms with van der Waals surface area (Å²) in [6, 6.07) is 7.18. The van der Waals surface area contributed by atoms with Crippen molar-refractivity contribution < 1.29 is 14.3 Å². The maximum Gasteiger partial charge on any atom is 0.355 e. The van der Waals surface area contributed by atoms with Gasteiger partial charge < -0.3 is 9.14 Å². The van der Waals surface area contributed by atoms with Crippen LogP contribution in [0, 0.1) is 5.92 Å². The van der Waals surface area contributed by atoms with Gasteiger partial charge in [0.05, 0.1) is 12.6 Å². The van der Waals surface area contributed by atoms with Crippen LogP contribution in [0.3, 0.4) is 0 Å². The van der Waals surface area contributed by atoms with Crippen molar-refractivity contribution in [2.45, 2.75) is 12.8 Å². The number of fused-ring (bicyclic) bond motifs is 1. The molecule has 1 aliphatic carbocycles. The standard InChI is InChI=1S/C14H13NO3/c1-18-14(17)12-8-10(13(16)9-5-6-9)11-4-2-3-7-15(11)12/h2-4,7-9H,5-6H2,1H3. The highest BCUT2D eigenvalue weighted by Crippen LogP contribution is 2.34. The van der Waals surface area contributed by atoms with Crippen LogP contribution in [0.1, 0.15) is 33.7 Å². The smallest absolute Gasteiger partial charge is 0.355 e. The first-order valence-corrected chi connectivity index (χ1v) is 5.95. The molecular formula is C14H13NO3. The van der Waals surface area contributed by atoms with Gasteiger partial charge in [0.1, 0.15) is 5.69 Å². The average molecular weight is 243 g/mol. The van der Waals surface area contributed by atoms with Gasteiger partial charge in [-0.3, -0.25) is 4.79 Å².